The molecule has 0 radical (unpaired) electrons. The lowest BCUT2D eigenvalue weighted by molar-refractivity contribution is -0.151. The number of rotatable bonds is 4. The molecular formula is C19H12Cl2O5. The lowest BCUT2D eigenvalue weighted by atomic mass is 9.96. The van der Waals surface area contributed by atoms with Gasteiger partial charge in [-0.25, -0.2) is 0 Å². The van der Waals surface area contributed by atoms with Crippen LogP contribution in [0.1, 0.15) is 12.7 Å². The fourth-order valence-electron chi connectivity index (χ4n) is 2.44. The van der Waals surface area contributed by atoms with Crippen molar-refractivity contribution in [2.75, 3.05) is 0 Å². The monoisotopic (exact) mass is 390 g/mol. The van der Waals surface area contributed by atoms with Crippen molar-refractivity contribution in [1.29, 1.82) is 0 Å². The van der Waals surface area contributed by atoms with Crippen LogP contribution in [0.4, 0.5) is 0 Å². The number of hydrogen-bond donors (Lipinski definition) is 0. The molecule has 0 saturated heterocycles. The van der Waals surface area contributed by atoms with Crippen LogP contribution in [0.25, 0.3) is 17.4 Å². The minimum Gasteiger partial charge on any atom is -0.457 e. The molecule has 132 valence electrons. The summed E-state index contributed by atoms with van der Waals surface area (Å²) < 4.78 is 10.4. The summed E-state index contributed by atoms with van der Waals surface area (Å²) in [6, 6.07) is 8.27. The van der Waals surface area contributed by atoms with Crippen LogP contribution in [-0.2, 0) is 19.1 Å². The quantitative estimate of drug-likeness (QED) is 0.437. The fourth-order valence-corrected chi connectivity index (χ4v) is 2.82. The highest BCUT2D eigenvalue weighted by molar-refractivity contribution is 6.35. The van der Waals surface area contributed by atoms with E-state index in [1.807, 2.05) is 0 Å². The average molecular weight is 391 g/mol. The van der Waals surface area contributed by atoms with Crippen LogP contribution >= 0.6 is 23.2 Å². The molecule has 0 saturated carbocycles. The molecule has 0 spiro atoms. The Bertz CT molecular complexity index is 968. The predicted molar refractivity (Wildman–Crippen MR) is 96.6 cm³/mol. The molecule has 2 heterocycles. The predicted octanol–water partition coefficient (Wildman–Crippen LogP) is 4.48. The van der Waals surface area contributed by atoms with Gasteiger partial charge in [-0.3, -0.25) is 14.4 Å². The summed E-state index contributed by atoms with van der Waals surface area (Å²) >= 11 is 12.1. The Morgan fingerprint density at radius 3 is 2.65 bits per heavy atom. The van der Waals surface area contributed by atoms with Gasteiger partial charge in [-0.15, -0.1) is 0 Å². The van der Waals surface area contributed by atoms with E-state index >= 15 is 0 Å². The molecular weight excluding hydrogens is 379 g/mol. The molecule has 0 N–H and O–H groups in total. The molecule has 1 aromatic heterocycles. The zero-order valence-corrected chi connectivity index (χ0v) is 15.0. The number of furan rings is 1. The largest absolute Gasteiger partial charge is 0.457 e. The zero-order chi connectivity index (χ0) is 18.8. The summed E-state index contributed by atoms with van der Waals surface area (Å²) in [5.41, 5.74) is 0.608. The fraction of sp³-hybridized carbons (Fsp3) is 0.105. The highest BCUT2D eigenvalue weighted by Gasteiger charge is 2.36. The van der Waals surface area contributed by atoms with Gasteiger partial charge in [0.1, 0.15) is 17.3 Å². The number of hydrogen-bond acceptors (Lipinski definition) is 5. The second-order valence-electron chi connectivity index (χ2n) is 5.57. The van der Waals surface area contributed by atoms with Gasteiger partial charge in [0.2, 0.25) is 0 Å². The number of ketones is 2. The van der Waals surface area contributed by atoms with Crippen LogP contribution < -0.4 is 0 Å². The number of esters is 1. The molecule has 1 aromatic carbocycles. The normalized spacial score (nSPS) is 17.3. The van der Waals surface area contributed by atoms with Gasteiger partial charge < -0.3 is 9.15 Å². The SMILES string of the molecule is CC1=CC(=O)[C@H](C(=O)/C=C/c2ccc(-c3cc(Cl)ccc3Cl)o2)C(=O)O1. The van der Waals surface area contributed by atoms with E-state index in [2.05, 4.69) is 0 Å². The molecule has 3 rings (SSSR count). The van der Waals surface area contributed by atoms with Crippen LogP contribution in [-0.4, -0.2) is 17.5 Å². The Kier molecular flexibility index (Phi) is 5.11. The van der Waals surface area contributed by atoms with E-state index in [1.165, 1.54) is 13.0 Å². The highest BCUT2D eigenvalue weighted by Crippen LogP contribution is 2.32. The Labute approximate surface area is 158 Å². The third kappa shape index (κ3) is 3.79. The number of cyclic esters (lactones) is 1. The van der Waals surface area contributed by atoms with Gasteiger partial charge in [0.15, 0.2) is 17.5 Å². The maximum Gasteiger partial charge on any atom is 0.329 e. The molecule has 0 bridgehead atoms. The van der Waals surface area contributed by atoms with Crippen molar-refractivity contribution in [2.45, 2.75) is 6.92 Å². The first-order valence-electron chi connectivity index (χ1n) is 7.56. The smallest absolute Gasteiger partial charge is 0.329 e. The molecule has 0 aliphatic carbocycles. The van der Waals surface area contributed by atoms with E-state index in [0.717, 1.165) is 12.2 Å². The van der Waals surface area contributed by atoms with Crippen LogP contribution in [0.2, 0.25) is 10.0 Å². The van der Waals surface area contributed by atoms with E-state index in [9.17, 15) is 14.4 Å². The minimum atomic E-state index is -1.48. The van der Waals surface area contributed by atoms with Gasteiger partial charge in [0, 0.05) is 16.7 Å². The summed E-state index contributed by atoms with van der Waals surface area (Å²) in [6.07, 6.45) is 3.61. The molecule has 7 heteroatoms. The second kappa shape index (κ2) is 7.32. The Morgan fingerprint density at radius 2 is 1.92 bits per heavy atom. The lowest BCUT2D eigenvalue weighted by Crippen LogP contribution is -2.34. The molecule has 1 aliphatic rings. The standard InChI is InChI=1S/C19H12Cl2O5/c1-10-8-16(23)18(19(24)25-10)15(22)6-3-12-4-7-17(26-12)13-9-11(20)2-5-14(13)21/h2-9,18H,1H3/b6-3+/t18-/m0/s1. The number of carbonyl (C=O) groups is 3. The first-order valence-corrected chi connectivity index (χ1v) is 8.32. The van der Waals surface area contributed by atoms with Crippen molar-refractivity contribution in [3.63, 3.8) is 0 Å². The van der Waals surface area contributed by atoms with Gasteiger partial charge in [-0.2, -0.15) is 0 Å². The second-order valence-corrected chi connectivity index (χ2v) is 6.42. The third-order valence-corrected chi connectivity index (χ3v) is 4.21. The summed E-state index contributed by atoms with van der Waals surface area (Å²) in [5, 5.41) is 0.971. The maximum atomic E-state index is 12.2. The number of benzene rings is 1. The molecule has 26 heavy (non-hydrogen) atoms. The highest BCUT2D eigenvalue weighted by atomic mass is 35.5. The molecule has 0 unspecified atom stereocenters. The van der Waals surface area contributed by atoms with Gasteiger partial charge in [-0.1, -0.05) is 23.2 Å². The van der Waals surface area contributed by atoms with Gasteiger partial charge in [0.25, 0.3) is 0 Å². The number of halogens is 2. The molecule has 0 amide bonds. The molecule has 2 aromatic rings. The Hall–Kier alpha value is -2.63. The lowest BCUT2D eigenvalue weighted by Gasteiger charge is -2.15. The molecule has 1 aliphatic heterocycles. The molecule has 5 nitrogen and oxygen atoms in total. The van der Waals surface area contributed by atoms with Crippen molar-refractivity contribution in [3.8, 4) is 11.3 Å². The van der Waals surface area contributed by atoms with Crippen molar-refractivity contribution < 1.29 is 23.5 Å². The topological polar surface area (TPSA) is 73.6 Å². The van der Waals surface area contributed by atoms with E-state index in [0.29, 0.717) is 27.1 Å². The summed E-state index contributed by atoms with van der Waals surface area (Å²) in [4.78, 5) is 35.7. The zero-order valence-electron chi connectivity index (χ0n) is 13.5. The van der Waals surface area contributed by atoms with Gasteiger partial charge >= 0.3 is 5.97 Å². The van der Waals surface area contributed by atoms with E-state index in [4.69, 9.17) is 32.4 Å². The summed E-state index contributed by atoms with van der Waals surface area (Å²) in [5.74, 6) is -2.64. The minimum absolute atomic E-state index is 0.169. The number of allylic oxidation sites excluding steroid dienone is 3. The van der Waals surface area contributed by atoms with Crippen molar-refractivity contribution in [3.05, 3.63) is 64.0 Å². The average Bonchev–Trinajstić information content (AvgIpc) is 3.03. The Balaban J connectivity index is 1.79. The third-order valence-electron chi connectivity index (χ3n) is 3.64. The van der Waals surface area contributed by atoms with E-state index < -0.39 is 23.5 Å². The molecule has 1 atom stereocenters. The Morgan fingerprint density at radius 1 is 1.15 bits per heavy atom. The van der Waals surface area contributed by atoms with Crippen molar-refractivity contribution >= 4 is 46.8 Å². The van der Waals surface area contributed by atoms with Crippen LogP contribution in [0.3, 0.4) is 0 Å². The van der Waals surface area contributed by atoms with E-state index in [-0.39, 0.29) is 5.76 Å². The van der Waals surface area contributed by atoms with Crippen LogP contribution in [0.15, 0.2) is 52.7 Å². The first kappa shape index (κ1) is 18.2. The summed E-state index contributed by atoms with van der Waals surface area (Å²) in [6.45, 7) is 1.47. The van der Waals surface area contributed by atoms with E-state index in [1.54, 1.807) is 30.3 Å². The maximum absolute atomic E-state index is 12.2. The number of ether oxygens (including phenoxy) is 1. The first-order chi connectivity index (χ1) is 12.3. The summed E-state index contributed by atoms with van der Waals surface area (Å²) in [7, 11) is 0. The van der Waals surface area contributed by atoms with Crippen LogP contribution in [0.5, 0.6) is 0 Å². The van der Waals surface area contributed by atoms with Gasteiger partial charge in [0.05, 0.1) is 5.02 Å². The van der Waals surface area contributed by atoms with Crippen molar-refractivity contribution in [2.24, 2.45) is 5.92 Å². The number of carbonyl (C=O) groups excluding carboxylic acids is 3. The van der Waals surface area contributed by atoms with Crippen LogP contribution in [0, 0.1) is 5.92 Å². The van der Waals surface area contributed by atoms with Gasteiger partial charge in [-0.05, 0) is 49.4 Å². The van der Waals surface area contributed by atoms with Crippen molar-refractivity contribution in [1.82, 2.24) is 0 Å². The molecule has 0 fully saturated rings.